The molecule has 7 rings (SSSR count). The second-order valence-corrected chi connectivity index (χ2v) is 15.7. The normalized spacial score (nSPS) is 12.7. The Morgan fingerprint density at radius 3 is 2.09 bits per heavy atom. The van der Waals surface area contributed by atoms with Crippen LogP contribution < -0.4 is 4.74 Å². The minimum atomic E-state index is 0. The fourth-order valence-corrected chi connectivity index (χ4v) is 8.48. The number of hydrogen-bond donors (Lipinski definition) is 0. The summed E-state index contributed by atoms with van der Waals surface area (Å²) in [7, 11) is 0. The van der Waals surface area contributed by atoms with Crippen molar-refractivity contribution >= 4 is 21.8 Å². The van der Waals surface area contributed by atoms with Gasteiger partial charge in [0.15, 0.2) is 0 Å². The summed E-state index contributed by atoms with van der Waals surface area (Å²) in [5, 5.41) is 7.27. The minimum Gasteiger partial charge on any atom is -0.509 e. The first kappa shape index (κ1) is 40.2. The molecule has 5 nitrogen and oxygen atoms in total. The van der Waals surface area contributed by atoms with E-state index in [1.165, 1.54) is 38.9 Å². The first-order valence-corrected chi connectivity index (χ1v) is 19.8. The van der Waals surface area contributed by atoms with Gasteiger partial charge < -0.3 is 9.30 Å². The van der Waals surface area contributed by atoms with E-state index in [4.69, 9.17) is 14.8 Å². The van der Waals surface area contributed by atoms with Gasteiger partial charge in [-0.2, -0.15) is 11.2 Å². The van der Waals surface area contributed by atoms with Gasteiger partial charge in [-0.05, 0) is 127 Å². The van der Waals surface area contributed by atoms with Gasteiger partial charge in [-0.3, -0.25) is 4.68 Å². The van der Waals surface area contributed by atoms with E-state index >= 15 is 0 Å². The van der Waals surface area contributed by atoms with E-state index in [0.717, 1.165) is 70.1 Å². The second kappa shape index (κ2) is 16.7. The predicted molar refractivity (Wildman–Crippen MR) is 225 cm³/mol. The summed E-state index contributed by atoms with van der Waals surface area (Å²) in [4.78, 5) is 4.74. The number of hydrogen-bond acceptors (Lipinski definition) is 3. The maximum Gasteiger partial charge on any atom is 2.00 e. The molecule has 3 aromatic heterocycles. The summed E-state index contributed by atoms with van der Waals surface area (Å²) in [6, 6.07) is 28.2. The van der Waals surface area contributed by atoms with Crippen LogP contribution in [0.4, 0.5) is 0 Å². The van der Waals surface area contributed by atoms with Crippen molar-refractivity contribution in [2.45, 2.75) is 113 Å². The second-order valence-electron chi connectivity index (χ2n) is 15.7. The molecule has 55 heavy (non-hydrogen) atoms. The molecule has 7 aromatic rings. The molecule has 3 heterocycles. The number of benzene rings is 4. The fraction of sp³-hybridized carbons (Fsp3) is 0.347. The third kappa shape index (κ3) is 7.70. The van der Waals surface area contributed by atoms with Crippen LogP contribution in [0.25, 0.3) is 44.4 Å². The number of ether oxygens (including phenoxy) is 1. The molecule has 0 N–H and O–H groups in total. The standard InChI is InChI=1S/C49H54N4O.Pt/c1-11-15-32(6)47-35(9)34(8)36(10)48(33(7)16-12-2)49(47)38-28-51-52(29-38)39-24-37(30(3)4)25-41(26-39)54-40-19-20-43-42-17-13-14-18-44(42)53(45(43)27-40)46-23-31(5)21-22-50-46;/h13-14,17-25,28-30,32-33H,11-12,15-16H2,1-10H3;/q-2;+2. The monoisotopic (exact) mass is 909 g/mol. The van der Waals surface area contributed by atoms with E-state index in [9.17, 15) is 0 Å². The summed E-state index contributed by atoms with van der Waals surface area (Å²) in [5.41, 5.74) is 14.9. The van der Waals surface area contributed by atoms with E-state index in [0.29, 0.717) is 23.3 Å². The third-order valence-corrected chi connectivity index (χ3v) is 11.4. The summed E-state index contributed by atoms with van der Waals surface area (Å²) in [6.07, 6.45) is 10.7. The number of aryl methyl sites for hydroxylation is 1. The SMILES string of the molecule is CCCC(C)c1c(C)c(C)c(C)c(C(C)CCC)c1-c1cnn(-c2[c-]c(Oc3[c-]c4c(cc3)c3ccccc3n4-c3cc(C)ccn3)cc(C(C)C)c2)c1.[Pt+2]. The van der Waals surface area contributed by atoms with Gasteiger partial charge in [0.05, 0.1) is 6.20 Å². The number of nitrogens with zero attached hydrogens (tertiary/aromatic N) is 4. The topological polar surface area (TPSA) is 44.9 Å². The van der Waals surface area contributed by atoms with Crippen LogP contribution in [0.2, 0.25) is 0 Å². The Morgan fingerprint density at radius 2 is 1.44 bits per heavy atom. The van der Waals surface area contributed by atoms with Crippen molar-refractivity contribution in [2.75, 3.05) is 0 Å². The number of para-hydroxylation sites is 1. The van der Waals surface area contributed by atoms with Crippen molar-refractivity contribution in [3.05, 3.63) is 130 Å². The van der Waals surface area contributed by atoms with E-state index in [-0.39, 0.29) is 27.0 Å². The zero-order valence-electron chi connectivity index (χ0n) is 34.1. The van der Waals surface area contributed by atoms with Crippen LogP contribution in [0.1, 0.15) is 124 Å². The molecule has 0 saturated carbocycles. The van der Waals surface area contributed by atoms with Crippen molar-refractivity contribution in [1.82, 2.24) is 19.3 Å². The van der Waals surface area contributed by atoms with Gasteiger partial charge in [0.2, 0.25) is 0 Å². The summed E-state index contributed by atoms with van der Waals surface area (Å²) in [5.74, 6) is 3.30. The fourth-order valence-electron chi connectivity index (χ4n) is 8.48. The summed E-state index contributed by atoms with van der Waals surface area (Å²) in [6.45, 7) is 22.8. The summed E-state index contributed by atoms with van der Waals surface area (Å²) >= 11 is 0. The molecule has 2 atom stereocenters. The smallest absolute Gasteiger partial charge is 0.509 e. The predicted octanol–water partition coefficient (Wildman–Crippen LogP) is 13.6. The molecule has 0 saturated heterocycles. The first-order valence-electron chi connectivity index (χ1n) is 19.8. The first-order chi connectivity index (χ1) is 26.0. The summed E-state index contributed by atoms with van der Waals surface area (Å²) < 4.78 is 10.8. The Hall–Kier alpha value is -4.47. The Morgan fingerprint density at radius 1 is 0.745 bits per heavy atom. The van der Waals surface area contributed by atoms with Crippen LogP contribution in [0.15, 0.2) is 79.3 Å². The van der Waals surface area contributed by atoms with E-state index in [1.54, 1.807) is 0 Å². The third-order valence-electron chi connectivity index (χ3n) is 11.4. The molecule has 0 bridgehead atoms. The molecular formula is C49H54N4OPt. The van der Waals surface area contributed by atoms with E-state index in [1.807, 2.05) is 23.0 Å². The largest absolute Gasteiger partial charge is 2.00 e. The van der Waals surface area contributed by atoms with Gasteiger partial charge in [-0.25, -0.2) is 4.98 Å². The molecule has 0 fully saturated rings. The molecular weight excluding hydrogens is 856 g/mol. The maximum atomic E-state index is 6.66. The maximum absolute atomic E-state index is 6.66. The van der Waals surface area contributed by atoms with Crippen LogP contribution in [0.5, 0.6) is 11.5 Å². The van der Waals surface area contributed by atoms with Crippen LogP contribution >= 0.6 is 0 Å². The molecule has 0 spiro atoms. The van der Waals surface area contributed by atoms with Crippen LogP contribution in [-0.2, 0) is 21.1 Å². The number of fused-ring (bicyclic) bond motifs is 3. The number of rotatable bonds is 12. The zero-order valence-corrected chi connectivity index (χ0v) is 36.4. The molecule has 2 unspecified atom stereocenters. The van der Waals surface area contributed by atoms with E-state index < -0.39 is 0 Å². The Bertz CT molecular complexity index is 2430. The van der Waals surface area contributed by atoms with Crippen molar-refractivity contribution in [3.8, 4) is 34.1 Å². The molecule has 0 radical (unpaired) electrons. The van der Waals surface area contributed by atoms with Crippen molar-refractivity contribution in [3.63, 3.8) is 0 Å². The molecule has 0 amide bonds. The van der Waals surface area contributed by atoms with Crippen molar-refractivity contribution < 1.29 is 25.8 Å². The molecule has 286 valence electrons. The average Bonchev–Trinajstić information content (AvgIpc) is 3.77. The zero-order chi connectivity index (χ0) is 38.3. The van der Waals surface area contributed by atoms with Crippen LogP contribution in [0, 0.1) is 39.8 Å². The molecule has 0 aliphatic heterocycles. The molecule has 0 aliphatic rings. The Kier molecular flexibility index (Phi) is 12.2. The molecule has 0 aliphatic carbocycles. The van der Waals surface area contributed by atoms with Crippen LogP contribution in [-0.4, -0.2) is 19.3 Å². The Balaban J connectivity index is 0.00000514. The van der Waals surface area contributed by atoms with Gasteiger partial charge in [0.1, 0.15) is 5.82 Å². The molecule has 4 aromatic carbocycles. The van der Waals surface area contributed by atoms with Gasteiger partial charge >= 0.3 is 21.1 Å². The minimum absolute atomic E-state index is 0. The van der Waals surface area contributed by atoms with Crippen molar-refractivity contribution in [1.29, 1.82) is 0 Å². The van der Waals surface area contributed by atoms with Crippen molar-refractivity contribution in [2.24, 2.45) is 0 Å². The van der Waals surface area contributed by atoms with Gasteiger partial charge in [0, 0.05) is 35.0 Å². The Labute approximate surface area is 342 Å². The number of aromatic nitrogens is 4. The van der Waals surface area contributed by atoms with Gasteiger partial charge in [0.25, 0.3) is 0 Å². The van der Waals surface area contributed by atoms with Crippen LogP contribution in [0.3, 0.4) is 0 Å². The quantitative estimate of drug-likeness (QED) is 0.115. The van der Waals surface area contributed by atoms with Gasteiger partial charge in [-0.15, -0.1) is 41.3 Å². The molecule has 6 heteroatoms. The average molecular weight is 910 g/mol. The number of pyridine rings is 1. The van der Waals surface area contributed by atoms with Gasteiger partial charge in [-0.1, -0.05) is 78.1 Å². The van der Waals surface area contributed by atoms with E-state index in [2.05, 4.69) is 147 Å².